The summed E-state index contributed by atoms with van der Waals surface area (Å²) in [6.07, 6.45) is 0.487. The van der Waals surface area contributed by atoms with Crippen molar-refractivity contribution in [2.24, 2.45) is 0 Å². The molecular formula is C18H23F3N2O. The molecule has 3 N–H and O–H groups in total. The SMILES string of the molecule is CC(O)(CCc1ccc2[nH]cc(C[C@H]3CCCN3)c2c1)C(F)(F)F. The highest BCUT2D eigenvalue weighted by atomic mass is 19.4. The summed E-state index contributed by atoms with van der Waals surface area (Å²) in [7, 11) is 0. The topological polar surface area (TPSA) is 48.0 Å². The molecule has 24 heavy (non-hydrogen) atoms. The zero-order valence-electron chi connectivity index (χ0n) is 13.7. The van der Waals surface area contributed by atoms with Crippen LogP contribution in [-0.4, -0.2) is 34.5 Å². The second-order valence-electron chi connectivity index (χ2n) is 6.96. The fraction of sp³-hybridized carbons (Fsp3) is 0.556. The van der Waals surface area contributed by atoms with Gasteiger partial charge >= 0.3 is 6.18 Å². The molecule has 3 nitrogen and oxygen atoms in total. The summed E-state index contributed by atoms with van der Waals surface area (Å²) in [6.45, 7) is 1.88. The number of aryl methyl sites for hydroxylation is 1. The lowest BCUT2D eigenvalue weighted by Gasteiger charge is -2.26. The summed E-state index contributed by atoms with van der Waals surface area (Å²) in [5.41, 5.74) is 0.340. The van der Waals surface area contributed by atoms with Crippen molar-refractivity contribution in [3.05, 3.63) is 35.5 Å². The summed E-state index contributed by atoms with van der Waals surface area (Å²) in [5, 5.41) is 14.1. The number of rotatable bonds is 5. The number of fused-ring (bicyclic) bond motifs is 1. The molecule has 0 saturated carbocycles. The average Bonchev–Trinajstić information content (AvgIpc) is 3.15. The van der Waals surface area contributed by atoms with E-state index >= 15 is 0 Å². The monoisotopic (exact) mass is 340 g/mol. The number of aromatic amines is 1. The Balaban J connectivity index is 1.75. The lowest BCUT2D eigenvalue weighted by molar-refractivity contribution is -0.254. The Morgan fingerprint density at radius 2 is 2.08 bits per heavy atom. The first-order valence-corrected chi connectivity index (χ1v) is 8.38. The van der Waals surface area contributed by atoms with Crippen LogP contribution in [0.15, 0.2) is 24.4 Å². The predicted molar refractivity (Wildman–Crippen MR) is 88.0 cm³/mol. The van der Waals surface area contributed by atoms with E-state index in [0.717, 1.165) is 42.8 Å². The molecule has 0 aliphatic carbocycles. The molecule has 1 aromatic heterocycles. The number of aliphatic hydroxyl groups is 1. The van der Waals surface area contributed by atoms with Gasteiger partial charge in [-0.3, -0.25) is 0 Å². The Kier molecular flexibility index (Phi) is 4.62. The van der Waals surface area contributed by atoms with E-state index in [-0.39, 0.29) is 12.8 Å². The largest absolute Gasteiger partial charge is 0.416 e. The molecule has 2 aromatic rings. The van der Waals surface area contributed by atoms with E-state index in [1.54, 1.807) is 0 Å². The Morgan fingerprint density at radius 1 is 1.29 bits per heavy atom. The van der Waals surface area contributed by atoms with Crippen molar-refractivity contribution in [1.29, 1.82) is 0 Å². The minimum atomic E-state index is -4.61. The number of hydrogen-bond acceptors (Lipinski definition) is 2. The molecule has 3 rings (SSSR count). The molecule has 1 aliphatic heterocycles. The molecule has 0 radical (unpaired) electrons. The first kappa shape index (κ1) is 17.3. The van der Waals surface area contributed by atoms with E-state index in [9.17, 15) is 18.3 Å². The maximum Gasteiger partial charge on any atom is 0.416 e. The summed E-state index contributed by atoms with van der Waals surface area (Å²) in [5.74, 6) is 0. The van der Waals surface area contributed by atoms with Gasteiger partial charge in [0.05, 0.1) is 0 Å². The number of alkyl halides is 3. The molecule has 1 aromatic carbocycles. The third kappa shape index (κ3) is 3.59. The molecule has 1 unspecified atom stereocenters. The predicted octanol–water partition coefficient (Wildman–Crippen LogP) is 3.71. The van der Waals surface area contributed by atoms with Gasteiger partial charge in [-0.1, -0.05) is 6.07 Å². The van der Waals surface area contributed by atoms with Crippen LogP contribution in [0.1, 0.15) is 37.3 Å². The van der Waals surface area contributed by atoms with Gasteiger partial charge < -0.3 is 15.4 Å². The van der Waals surface area contributed by atoms with Gasteiger partial charge in [0, 0.05) is 23.1 Å². The molecule has 2 atom stereocenters. The molecular weight excluding hydrogens is 317 g/mol. The maximum absolute atomic E-state index is 12.8. The normalized spacial score (nSPS) is 21.3. The van der Waals surface area contributed by atoms with E-state index in [2.05, 4.69) is 10.3 Å². The highest BCUT2D eigenvalue weighted by molar-refractivity contribution is 5.84. The van der Waals surface area contributed by atoms with E-state index in [1.165, 1.54) is 12.0 Å². The van der Waals surface area contributed by atoms with Gasteiger partial charge in [-0.2, -0.15) is 13.2 Å². The molecule has 132 valence electrons. The van der Waals surface area contributed by atoms with Crippen LogP contribution in [0.3, 0.4) is 0 Å². The Hall–Kier alpha value is -1.53. The Labute approximate surface area is 139 Å². The quantitative estimate of drug-likeness (QED) is 0.777. The number of aromatic nitrogens is 1. The maximum atomic E-state index is 12.8. The van der Waals surface area contributed by atoms with E-state index < -0.39 is 11.8 Å². The molecule has 1 aliphatic rings. The smallest absolute Gasteiger partial charge is 0.381 e. The fourth-order valence-corrected chi connectivity index (χ4v) is 3.28. The molecule has 0 spiro atoms. The van der Waals surface area contributed by atoms with E-state index in [4.69, 9.17) is 0 Å². The molecule has 6 heteroatoms. The van der Waals surface area contributed by atoms with Crippen LogP contribution in [0.4, 0.5) is 13.2 Å². The van der Waals surface area contributed by atoms with Crippen LogP contribution < -0.4 is 5.32 Å². The van der Waals surface area contributed by atoms with Crippen LogP contribution in [0, 0.1) is 0 Å². The fourth-order valence-electron chi connectivity index (χ4n) is 3.28. The summed E-state index contributed by atoms with van der Waals surface area (Å²) in [6, 6.07) is 6.14. The average molecular weight is 340 g/mol. The third-order valence-electron chi connectivity index (χ3n) is 4.97. The van der Waals surface area contributed by atoms with Crippen molar-refractivity contribution < 1.29 is 18.3 Å². The van der Waals surface area contributed by atoms with Crippen LogP contribution in [0.25, 0.3) is 10.9 Å². The number of nitrogens with one attached hydrogen (secondary N) is 2. The molecule has 1 saturated heterocycles. The Bertz CT molecular complexity index is 700. The minimum Gasteiger partial charge on any atom is -0.381 e. The van der Waals surface area contributed by atoms with Gasteiger partial charge in [-0.25, -0.2) is 0 Å². The highest BCUT2D eigenvalue weighted by Gasteiger charge is 2.49. The standard InChI is InChI=1S/C18H23F3N2O/c1-17(24,18(19,20)21)7-6-12-4-5-16-15(9-12)13(11-23-16)10-14-3-2-8-22-14/h4-5,9,11,14,22-24H,2-3,6-8,10H2,1H3/t14-,17?/m1/s1. The van der Waals surface area contributed by atoms with Crippen molar-refractivity contribution in [2.45, 2.75) is 56.8 Å². The number of H-pyrrole nitrogens is 1. The zero-order chi connectivity index (χ0) is 17.4. The van der Waals surface area contributed by atoms with Crippen LogP contribution >= 0.6 is 0 Å². The van der Waals surface area contributed by atoms with Crippen LogP contribution in [0.2, 0.25) is 0 Å². The molecule has 2 heterocycles. The molecule has 0 bridgehead atoms. The second-order valence-corrected chi connectivity index (χ2v) is 6.96. The first-order chi connectivity index (χ1) is 11.3. The van der Waals surface area contributed by atoms with Gasteiger partial charge in [0.25, 0.3) is 0 Å². The van der Waals surface area contributed by atoms with Crippen molar-refractivity contribution in [2.75, 3.05) is 6.54 Å². The van der Waals surface area contributed by atoms with Gasteiger partial charge in [0.1, 0.15) is 0 Å². The van der Waals surface area contributed by atoms with Gasteiger partial charge in [0.15, 0.2) is 5.60 Å². The third-order valence-corrected chi connectivity index (χ3v) is 4.97. The summed E-state index contributed by atoms with van der Waals surface area (Å²) < 4.78 is 38.3. The van der Waals surface area contributed by atoms with E-state index in [0.29, 0.717) is 6.04 Å². The van der Waals surface area contributed by atoms with Gasteiger partial charge in [0.2, 0.25) is 0 Å². The summed E-state index contributed by atoms with van der Waals surface area (Å²) >= 11 is 0. The number of halogens is 3. The molecule has 0 amide bonds. The van der Waals surface area contributed by atoms with Crippen molar-refractivity contribution >= 4 is 10.9 Å². The lowest BCUT2D eigenvalue weighted by atomic mass is 9.95. The van der Waals surface area contributed by atoms with Crippen LogP contribution in [-0.2, 0) is 12.8 Å². The number of hydrogen-bond donors (Lipinski definition) is 3. The lowest BCUT2D eigenvalue weighted by Crippen LogP contribution is -2.42. The van der Waals surface area contributed by atoms with Crippen molar-refractivity contribution in [3.8, 4) is 0 Å². The Morgan fingerprint density at radius 3 is 2.75 bits per heavy atom. The van der Waals surface area contributed by atoms with Gasteiger partial charge in [-0.05, 0) is 68.8 Å². The van der Waals surface area contributed by atoms with Crippen LogP contribution in [0.5, 0.6) is 0 Å². The minimum absolute atomic E-state index is 0.189. The zero-order valence-corrected chi connectivity index (χ0v) is 13.7. The number of benzene rings is 1. The highest BCUT2D eigenvalue weighted by Crippen LogP contribution is 2.34. The summed E-state index contributed by atoms with van der Waals surface area (Å²) in [4.78, 5) is 3.23. The van der Waals surface area contributed by atoms with Gasteiger partial charge in [-0.15, -0.1) is 0 Å². The van der Waals surface area contributed by atoms with E-state index in [1.807, 2.05) is 24.4 Å². The van der Waals surface area contributed by atoms with Crippen molar-refractivity contribution in [1.82, 2.24) is 10.3 Å². The first-order valence-electron chi connectivity index (χ1n) is 8.38. The second kappa shape index (κ2) is 6.41. The molecule has 1 fully saturated rings. The van der Waals surface area contributed by atoms with Crippen molar-refractivity contribution in [3.63, 3.8) is 0 Å².